The zero-order valence-electron chi connectivity index (χ0n) is 12.9. The molecule has 130 valence electrons. The van der Waals surface area contributed by atoms with E-state index in [4.69, 9.17) is 0 Å². The second-order valence-electron chi connectivity index (χ2n) is 6.00. The fourth-order valence-corrected chi connectivity index (χ4v) is 3.12. The molecule has 0 unspecified atom stereocenters. The molecule has 1 N–H and O–H groups in total. The van der Waals surface area contributed by atoms with Crippen molar-refractivity contribution in [2.75, 3.05) is 19.6 Å². The lowest BCUT2D eigenvalue weighted by molar-refractivity contribution is -0.197. The Bertz CT molecular complexity index is 495. The molecular weight excluding hydrogens is 315 g/mol. The Hall–Kier alpha value is -1.80. The van der Waals surface area contributed by atoms with Crippen LogP contribution >= 0.6 is 0 Å². The van der Waals surface area contributed by atoms with E-state index >= 15 is 0 Å². The van der Waals surface area contributed by atoms with Gasteiger partial charge in [-0.25, -0.2) is 0 Å². The van der Waals surface area contributed by atoms with Crippen molar-refractivity contribution in [3.05, 3.63) is 0 Å². The molecule has 2 rings (SSSR count). The Labute approximate surface area is 132 Å². The summed E-state index contributed by atoms with van der Waals surface area (Å²) in [4.78, 5) is 37.0. The van der Waals surface area contributed by atoms with Gasteiger partial charge in [0.1, 0.15) is 6.04 Å². The maximum absolute atomic E-state index is 13.2. The van der Waals surface area contributed by atoms with E-state index in [0.29, 0.717) is 19.4 Å². The molecule has 9 heteroatoms. The number of rotatable bonds is 3. The van der Waals surface area contributed by atoms with Crippen molar-refractivity contribution in [2.45, 2.75) is 50.9 Å². The number of alkyl halides is 3. The lowest BCUT2D eigenvalue weighted by Crippen LogP contribution is -2.59. The number of amides is 3. The van der Waals surface area contributed by atoms with Crippen LogP contribution in [0.25, 0.3) is 0 Å². The first kappa shape index (κ1) is 17.6. The Kier molecular flexibility index (Phi) is 5.16. The van der Waals surface area contributed by atoms with Gasteiger partial charge in [-0.15, -0.1) is 0 Å². The molecule has 0 radical (unpaired) electrons. The molecule has 0 saturated carbocycles. The molecule has 0 bridgehead atoms. The van der Waals surface area contributed by atoms with Crippen LogP contribution in [0.4, 0.5) is 13.2 Å². The second kappa shape index (κ2) is 6.76. The number of carbonyl (C=O) groups excluding carboxylic acids is 3. The fourth-order valence-electron chi connectivity index (χ4n) is 3.12. The molecule has 23 heavy (non-hydrogen) atoms. The average Bonchev–Trinajstić information content (AvgIpc) is 2.82. The van der Waals surface area contributed by atoms with Crippen LogP contribution in [0.2, 0.25) is 0 Å². The third-order valence-electron chi connectivity index (χ3n) is 4.18. The number of nitrogens with one attached hydrogen (secondary N) is 1. The molecule has 6 nitrogen and oxygen atoms in total. The number of nitrogens with zero attached hydrogens (tertiary/aromatic N) is 2. The minimum absolute atomic E-state index is 0.163. The average molecular weight is 335 g/mol. The van der Waals surface area contributed by atoms with Crippen LogP contribution in [0.15, 0.2) is 0 Å². The molecule has 2 aliphatic rings. The Morgan fingerprint density at radius 1 is 1.30 bits per heavy atom. The molecule has 2 aliphatic heterocycles. The molecule has 0 aromatic carbocycles. The van der Waals surface area contributed by atoms with Crippen LogP contribution in [0, 0.1) is 0 Å². The van der Waals surface area contributed by atoms with Gasteiger partial charge in [0.15, 0.2) is 0 Å². The third kappa shape index (κ3) is 4.35. The summed E-state index contributed by atoms with van der Waals surface area (Å²) in [6, 6.07) is -2.36. The summed E-state index contributed by atoms with van der Waals surface area (Å²) in [5.74, 6) is -1.28. The van der Waals surface area contributed by atoms with E-state index in [2.05, 4.69) is 5.32 Å². The summed E-state index contributed by atoms with van der Waals surface area (Å²) in [5, 5.41) is 2.56. The topological polar surface area (TPSA) is 69.7 Å². The highest BCUT2D eigenvalue weighted by atomic mass is 19.4. The van der Waals surface area contributed by atoms with E-state index < -0.39 is 24.2 Å². The molecule has 2 fully saturated rings. The van der Waals surface area contributed by atoms with E-state index in [1.807, 2.05) is 0 Å². The van der Waals surface area contributed by atoms with Crippen molar-refractivity contribution in [1.29, 1.82) is 0 Å². The van der Waals surface area contributed by atoms with Crippen molar-refractivity contribution in [2.24, 2.45) is 0 Å². The highest BCUT2D eigenvalue weighted by Crippen LogP contribution is 2.32. The van der Waals surface area contributed by atoms with Crippen molar-refractivity contribution in [1.82, 2.24) is 15.1 Å². The van der Waals surface area contributed by atoms with Crippen molar-refractivity contribution < 1.29 is 27.6 Å². The summed E-state index contributed by atoms with van der Waals surface area (Å²) in [6.07, 6.45) is -3.68. The highest BCUT2D eigenvalue weighted by Gasteiger charge is 2.48. The summed E-state index contributed by atoms with van der Waals surface area (Å²) >= 11 is 0. The summed E-state index contributed by atoms with van der Waals surface area (Å²) < 4.78 is 39.5. The first-order valence-corrected chi connectivity index (χ1v) is 7.59. The van der Waals surface area contributed by atoms with Gasteiger partial charge < -0.3 is 15.1 Å². The molecule has 0 aliphatic carbocycles. The van der Waals surface area contributed by atoms with Crippen LogP contribution in [-0.2, 0) is 14.4 Å². The fraction of sp³-hybridized carbons (Fsp3) is 0.786. The zero-order chi connectivity index (χ0) is 17.2. The Morgan fingerprint density at radius 2 is 2.00 bits per heavy atom. The van der Waals surface area contributed by atoms with E-state index in [1.165, 1.54) is 11.8 Å². The third-order valence-corrected chi connectivity index (χ3v) is 4.18. The summed E-state index contributed by atoms with van der Waals surface area (Å²) in [7, 11) is 0. The van der Waals surface area contributed by atoms with Gasteiger partial charge in [-0.05, 0) is 19.3 Å². The molecule has 0 spiro atoms. The summed E-state index contributed by atoms with van der Waals surface area (Å²) in [6.45, 7) is 1.15. The maximum atomic E-state index is 13.2. The molecule has 0 aromatic rings. The van der Waals surface area contributed by atoms with Gasteiger partial charge in [0.05, 0.1) is 6.54 Å². The smallest absolute Gasteiger partial charge is 0.352 e. The van der Waals surface area contributed by atoms with E-state index in [9.17, 15) is 27.6 Å². The van der Waals surface area contributed by atoms with Gasteiger partial charge in [0, 0.05) is 32.5 Å². The monoisotopic (exact) mass is 335 g/mol. The van der Waals surface area contributed by atoms with Gasteiger partial charge in [-0.2, -0.15) is 13.2 Å². The minimum Gasteiger partial charge on any atom is -0.352 e. The van der Waals surface area contributed by atoms with Gasteiger partial charge in [-0.3, -0.25) is 14.4 Å². The van der Waals surface area contributed by atoms with E-state index in [-0.39, 0.29) is 37.7 Å². The van der Waals surface area contributed by atoms with Gasteiger partial charge in [0.2, 0.25) is 17.7 Å². The Morgan fingerprint density at radius 3 is 2.52 bits per heavy atom. The quantitative estimate of drug-likeness (QED) is 0.824. The maximum Gasteiger partial charge on any atom is 0.408 e. The van der Waals surface area contributed by atoms with Gasteiger partial charge >= 0.3 is 6.18 Å². The van der Waals surface area contributed by atoms with Crippen LogP contribution in [0.3, 0.4) is 0 Å². The number of halogens is 3. The molecule has 3 amide bonds. The summed E-state index contributed by atoms with van der Waals surface area (Å²) in [5.41, 5.74) is 0. The SMILES string of the molecule is CC(=O)N[C@H]1CC[C@@H](C(F)(F)F)N(C(=O)CN2CCCC2=O)C1. The van der Waals surface area contributed by atoms with Gasteiger partial charge in [-0.1, -0.05) is 0 Å². The van der Waals surface area contributed by atoms with Crippen LogP contribution in [-0.4, -0.2) is 65.4 Å². The number of carbonyl (C=O) groups is 3. The Balaban J connectivity index is 2.08. The van der Waals surface area contributed by atoms with Gasteiger partial charge in [0.25, 0.3) is 0 Å². The first-order valence-electron chi connectivity index (χ1n) is 7.59. The lowest BCUT2D eigenvalue weighted by atomic mass is 9.97. The molecule has 0 aromatic heterocycles. The van der Waals surface area contributed by atoms with Crippen molar-refractivity contribution in [3.63, 3.8) is 0 Å². The normalized spacial score (nSPS) is 25.7. The number of piperidine rings is 1. The lowest BCUT2D eigenvalue weighted by Gasteiger charge is -2.41. The predicted molar refractivity (Wildman–Crippen MR) is 74.2 cm³/mol. The van der Waals surface area contributed by atoms with E-state index in [0.717, 1.165) is 4.90 Å². The second-order valence-corrected chi connectivity index (χ2v) is 6.00. The molecule has 2 heterocycles. The molecular formula is C14H20F3N3O3. The number of hydrogen-bond donors (Lipinski definition) is 1. The predicted octanol–water partition coefficient (Wildman–Crippen LogP) is 0.667. The largest absolute Gasteiger partial charge is 0.408 e. The van der Waals surface area contributed by atoms with Crippen molar-refractivity contribution >= 4 is 17.7 Å². The first-order chi connectivity index (χ1) is 10.7. The van der Waals surface area contributed by atoms with Crippen LogP contribution in [0.5, 0.6) is 0 Å². The number of hydrogen-bond acceptors (Lipinski definition) is 3. The minimum atomic E-state index is -4.52. The molecule has 2 saturated heterocycles. The van der Waals surface area contributed by atoms with Crippen molar-refractivity contribution in [3.8, 4) is 0 Å². The van der Waals surface area contributed by atoms with Crippen LogP contribution < -0.4 is 5.32 Å². The zero-order valence-corrected chi connectivity index (χ0v) is 12.9. The highest BCUT2D eigenvalue weighted by molar-refractivity contribution is 5.86. The standard InChI is InChI=1S/C14H20F3N3O3/c1-9(21)18-10-4-5-11(14(15,16)17)20(7-10)13(23)8-19-6-2-3-12(19)22/h10-11H,2-8H2,1H3,(H,18,21)/t10-,11-/m0/s1. The molecule has 2 atom stereocenters. The van der Waals surface area contributed by atoms with E-state index in [1.54, 1.807) is 0 Å². The number of likely N-dealkylation sites (tertiary alicyclic amines) is 2. The van der Waals surface area contributed by atoms with Crippen LogP contribution in [0.1, 0.15) is 32.6 Å².